The molecule has 0 saturated carbocycles. The maximum absolute atomic E-state index is 8.60. The van der Waals surface area contributed by atoms with Gasteiger partial charge in [0.1, 0.15) is 0 Å². The Hall–Kier alpha value is 3.38. The smallest absolute Gasteiger partial charge is 2.00 e. The van der Waals surface area contributed by atoms with Crippen molar-refractivity contribution in [2.45, 2.75) is 0 Å². The van der Waals surface area contributed by atoms with Crippen molar-refractivity contribution in [1.29, 1.82) is 0 Å². The van der Waals surface area contributed by atoms with Crippen LogP contribution < -0.4 is 40.4 Å². The van der Waals surface area contributed by atoms with Gasteiger partial charge in [-0.1, -0.05) is 0 Å². The third kappa shape index (κ3) is 278. The van der Waals surface area contributed by atoms with Crippen molar-refractivity contribution in [2.24, 2.45) is 0 Å². The molecule has 0 fully saturated rings. The van der Waals surface area contributed by atoms with Gasteiger partial charge >= 0.3 is 162 Å². The molecule has 0 amide bonds. The van der Waals surface area contributed by atoms with Crippen molar-refractivity contribution in [1.82, 2.24) is 0 Å². The van der Waals surface area contributed by atoms with Crippen LogP contribution >= 0.6 is 0 Å². The molecule has 0 radical (unpaired) electrons. The van der Waals surface area contributed by atoms with Crippen molar-refractivity contribution in [3.8, 4) is 0 Å². The Morgan fingerprint density at radius 2 is 0.571 bits per heavy atom. The molecule has 0 N–H and O–H groups in total. The normalized spacial score (nSPS) is 5.36. The topological polar surface area (TPSA) is 172 Å². The predicted octanol–water partition coefficient (Wildman–Crippen LogP) is -7.66. The van der Waals surface area contributed by atoms with Gasteiger partial charge in [0.15, 0.2) is 0 Å². The molecular formula is NaNb3O9Sr. The van der Waals surface area contributed by atoms with Gasteiger partial charge < -0.3 is 0 Å². The average Bonchev–Trinajstić information content (AvgIpc) is 1.54. The Bertz CT molecular complexity index is 213. The molecule has 0 saturated heterocycles. The molecule has 0 aromatic carbocycles. The van der Waals surface area contributed by atoms with E-state index in [-0.39, 0.29) is 75.0 Å². The van der Waals surface area contributed by atoms with Crippen LogP contribution in [0.2, 0.25) is 0 Å². The fourth-order valence-corrected chi connectivity index (χ4v) is 0. The maximum Gasteiger partial charge on any atom is 2.00 e. The standard InChI is InChI=1S/Na.3Nb.9O.Sr/q+1;;;;;;;;;;3*-1;+2. The first-order chi connectivity index (χ1) is 5.20. The molecule has 0 aromatic rings. The van der Waals surface area contributed by atoms with Gasteiger partial charge in [-0.05, 0) is 0 Å². The van der Waals surface area contributed by atoms with Gasteiger partial charge in [-0.3, -0.25) is 0 Å². The molecular weight excluding hydrogens is 533 g/mol. The molecule has 0 bridgehead atoms. The minimum Gasteiger partial charge on any atom is 2.00 e. The Morgan fingerprint density at radius 1 is 0.571 bits per heavy atom. The Kier molecular flexibility index (Phi) is 54.9. The van der Waals surface area contributed by atoms with Gasteiger partial charge in [0.05, 0.1) is 0 Å². The number of hydrogen-bond acceptors (Lipinski definition) is 9. The monoisotopic (exact) mass is 534 g/mol. The van der Waals surface area contributed by atoms with Crippen LogP contribution in [0.3, 0.4) is 0 Å². The van der Waals surface area contributed by atoms with Crippen LogP contribution in [0.5, 0.6) is 0 Å². The molecule has 72 valence electrons. The van der Waals surface area contributed by atoms with Gasteiger partial charge in [0.25, 0.3) is 0 Å². The fourth-order valence-electron chi connectivity index (χ4n) is 0. The second kappa shape index (κ2) is 25.3. The summed E-state index contributed by atoms with van der Waals surface area (Å²) < 4.78 is 77.4. The molecule has 14 heavy (non-hydrogen) atoms. The predicted molar refractivity (Wildman–Crippen MR) is 9.87 cm³/mol. The molecule has 9 nitrogen and oxygen atoms in total. The van der Waals surface area contributed by atoms with E-state index in [4.69, 9.17) is 30.3 Å². The zero-order chi connectivity index (χ0) is 10.7. The molecule has 0 spiro atoms. The molecule has 14 heteroatoms. The first-order valence-corrected chi connectivity index (χ1v) is 9.72. The molecule has 0 unspecified atom stereocenters. The molecule has 0 atom stereocenters. The summed E-state index contributed by atoms with van der Waals surface area (Å²) >= 11 is -12.6. The van der Waals surface area contributed by atoms with Crippen LogP contribution in [0.25, 0.3) is 0 Å². The van der Waals surface area contributed by atoms with E-state index in [1.807, 2.05) is 0 Å². The summed E-state index contributed by atoms with van der Waals surface area (Å²) in [5.74, 6) is 0. The first kappa shape index (κ1) is 30.4. The summed E-state index contributed by atoms with van der Waals surface area (Å²) in [6.45, 7) is 0. The van der Waals surface area contributed by atoms with Crippen LogP contribution in [0, 0.1) is 0 Å². The molecule has 0 aliphatic heterocycles. The Balaban J connectivity index is -0.0000000270. The van der Waals surface area contributed by atoms with E-state index in [0.717, 1.165) is 0 Å². The van der Waals surface area contributed by atoms with Crippen molar-refractivity contribution in [2.75, 3.05) is 0 Å². The SMILES string of the molecule is [Na+].[O]=[Nb](=[O])[O-].[O]=[Nb](=[O])[O-].[O]=[Nb](=[O])[O-].[Sr+2]. The van der Waals surface area contributed by atoms with E-state index in [1.165, 1.54) is 0 Å². The van der Waals surface area contributed by atoms with E-state index in [1.54, 1.807) is 0 Å². The van der Waals surface area contributed by atoms with Gasteiger partial charge in [0, 0.05) is 0 Å². The summed E-state index contributed by atoms with van der Waals surface area (Å²) in [6.07, 6.45) is 0. The van der Waals surface area contributed by atoms with E-state index < -0.39 is 56.4 Å². The molecule has 0 aliphatic carbocycles. The summed E-state index contributed by atoms with van der Waals surface area (Å²) in [5, 5.41) is 0. The minimum absolute atomic E-state index is 0. The Labute approximate surface area is 158 Å². The third-order valence-electron chi connectivity index (χ3n) is 0. The Morgan fingerprint density at radius 3 is 0.571 bits per heavy atom. The fraction of sp³-hybridized carbons (Fsp3) is 0. The minimum atomic E-state index is -4.20. The zero-order valence-corrected chi connectivity index (χ0v) is 18.8. The quantitative estimate of drug-likeness (QED) is 0.274. The molecule has 0 heterocycles. The van der Waals surface area contributed by atoms with E-state index in [2.05, 4.69) is 0 Å². The zero-order valence-electron chi connectivity index (χ0n) is 6.72. The van der Waals surface area contributed by atoms with Crippen LogP contribution in [-0.2, 0) is 75.9 Å². The number of hydrogen-bond donors (Lipinski definition) is 0. The van der Waals surface area contributed by atoms with Crippen LogP contribution in [0.15, 0.2) is 0 Å². The average molecular weight is 533 g/mol. The summed E-state index contributed by atoms with van der Waals surface area (Å²) in [4.78, 5) is 0. The van der Waals surface area contributed by atoms with E-state index >= 15 is 0 Å². The molecule has 0 aliphatic rings. The largest absolute Gasteiger partial charge is 2.00 e. The first-order valence-electron chi connectivity index (χ1n) is 1.64. The summed E-state index contributed by atoms with van der Waals surface area (Å²) in [5.41, 5.74) is 0. The van der Waals surface area contributed by atoms with Gasteiger partial charge in [-0.2, -0.15) is 0 Å². The van der Waals surface area contributed by atoms with E-state index in [9.17, 15) is 0 Å². The summed E-state index contributed by atoms with van der Waals surface area (Å²) in [6, 6.07) is 0. The van der Waals surface area contributed by atoms with E-state index in [0.29, 0.717) is 0 Å². The second-order valence-electron chi connectivity index (χ2n) is 0.671. The van der Waals surface area contributed by atoms with Crippen molar-refractivity contribution in [3.63, 3.8) is 0 Å². The van der Waals surface area contributed by atoms with Crippen LogP contribution in [0.4, 0.5) is 0 Å². The third-order valence-corrected chi connectivity index (χ3v) is 0. The van der Waals surface area contributed by atoms with Gasteiger partial charge in [-0.15, -0.1) is 0 Å². The van der Waals surface area contributed by atoms with Gasteiger partial charge in [-0.25, -0.2) is 0 Å². The van der Waals surface area contributed by atoms with Crippen LogP contribution in [-0.4, -0.2) is 45.5 Å². The molecule has 0 aromatic heterocycles. The second-order valence-corrected chi connectivity index (χ2v) is 3.97. The maximum atomic E-state index is 8.60. The van der Waals surface area contributed by atoms with Crippen LogP contribution in [0.1, 0.15) is 0 Å². The molecule has 0 rings (SSSR count). The number of rotatable bonds is 0. The summed E-state index contributed by atoms with van der Waals surface area (Å²) in [7, 11) is 0. The van der Waals surface area contributed by atoms with Gasteiger partial charge in [0.2, 0.25) is 0 Å². The van der Waals surface area contributed by atoms with Crippen molar-refractivity contribution < 1.29 is 116 Å². The van der Waals surface area contributed by atoms with Crippen molar-refractivity contribution in [3.05, 3.63) is 0 Å². The van der Waals surface area contributed by atoms with Crippen molar-refractivity contribution >= 4 is 45.5 Å².